The number of aliphatic carboxylic acids is 1. The second-order valence-corrected chi connectivity index (χ2v) is 5.86. The molecule has 2 aliphatic heterocycles. The lowest BCUT2D eigenvalue weighted by Crippen LogP contribution is -2.47. The van der Waals surface area contributed by atoms with E-state index in [1.54, 1.807) is 4.90 Å². The maximum atomic E-state index is 12.6. The normalized spacial score (nSPS) is 27.7. The summed E-state index contributed by atoms with van der Waals surface area (Å²) >= 11 is 0. The summed E-state index contributed by atoms with van der Waals surface area (Å²) in [7, 11) is 0. The maximum absolute atomic E-state index is 12.6. The molecule has 2 amide bonds. The van der Waals surface area contributed by atoms with Gasteiger partial charge in [0.1, 0.15) is 0 Å². The van der Waals surface area contributed by atoms with E-state index in [4.69, 9.17) is 10.2 Å². The van der Waals surface area contributed by atoms with Crippen LogP contribution in [0.4, 0.5) is 4.79 Å². The molecule has 2 heterocycles. The quantitative estimate of drug-likeness (QED) is 0.760. The molecule has 0 bridgehead atoms. The number of carbonyl (C=O) groups excluding carboxylic acids is 1. The number of urea groups is 1. The molecule has 21 heavy (non-hydrogen) atoms. The van der Waals surface area contributed by atoms with Gasteiger partial charge in [-0.1, -0.05) is 0 Å². The summed E-state index contributed by atoms with van der Waals surface area (Å²) in [5.74, 6) is -1.27. The summed E-state index contributed by atoms with van der Waals surface area (Å²) in [5, 5.41) is 18.1. The van der Waals surface area contributed by atoms with Crippen LogP contribution in [0.15, 0.2) is 0 Å². The first-order valence-corrected chi connectivity index (χ1v) is 7.66. The molecule has 2 saturated heterocycles. The number of likely N-dealkylation sites (tertiary alicyclic amines) is 1. The number of amides is 2. The highest BCUT2D eigenvalue weighted by Crippen LogP contribution is 2.25. The average Bonchev–Trinajstić information content (AvgIpc) is 2.68. The Morgan fingerprint density at radius 2 is 1.90 bits per heavy atom. The zero-order valence-electron chi connectivity index (χ0n) is 12.6. The zero-order valence-corrected chi connectivity index (χ0v) is 12.6. The molecule has 0 aromatic heterocycles. The lowest BCUT2D eigenvalue weighted by molar-refractivity contribution is -0.142. The molecule has 0 radical (unpaired) electrons. The van der Waals surface area contributed by atoms with E-state index in [0.717, 1.165) is 19.5 Å². The van der Waals surface area contributed by atoms with E-state index in [-0.39, 0.29) is 18.7 Å². The molecule has 2 atom stereocenters. The minimum absolute atomic E-state index is 0.0444. The van der Waals surface area contributed by atoms with Gasteiger partial charge in [0.25, 0.3) is 0 Å². The van der Waals surface area contributed by atoms with Gasteiger partial charge in [0.2, 0.25) is 0 Å². The standard InChI is InChI=1S/C14H25N3O4/c1-11-12(13(19)20)3-6-17(11)14(21)16-5-2-4-15(7-8-16)9-10-18/h11-12,18H,2-10H2,1H3,(H,19,20). The number of carboxylic acid groups (broad SMARTS) is 1. The minimum atomic E-state index is -0.817. The highest BCUT2D eigenvalue weighted by molar-refractivity contribution is 5.78. The van der Waals surface area contributed by atoms with Crippen LogP contribution in [0.5, 0.6) is 0 Å². The van der Waals surface area contributed by atoms with Crippen LogP contribution in [0.25, 0.3) is 0 Å². The second-order valence-electron chi connectivity index (χ2n) is 5.86. The molecule has 0 aliphatic carbocycles. The minimum Gasteiger partial charge on any atom is -0.481 e. The third-order valence-electron chi connectivity index (χ3n) is 4.59. The summed E-state index contributed by atoms with van der Waals surface area (Å²) in [4.78, 5) is 29.4. The van der Waals surface area contributed by atoms with Crippen molar-refractivity contribution in [1.29, 1.82) is 0 Å². The van der Waals surface area contributed by atoms with Crippen molar-refractivity contribution < 1.29 is 19.8 Å². The fraction of sp³-hybridized carbons (Fsp3) is 0.857. The van der Waals surface area contributed by atoms with Gasteiger partial charge in [0.15, 0.2) is 0 Å². The van der Waals surface area contributed by atoms with Crippen LogP contribution >= 0.6 is 0 Å². The summed E-state index contributed by atoms with van der Waals surface area (Å²) in [6, 6.07) is -0.288. The molecule has 7 nitrogen and oxygen atoms in total. The summed E-state index contributed by atoms with van der Waals surface area (Å²) in [6.45, 7) is 6.10. The number of nitrogens with zero attached hydrogens (tertiary/aromatic N) is 3. The Balaban J connectivity index is 1.93. The first kappa shape index (κ1) is 16.0. The topological polar surface area (TPSA) is 84.3 Å². The maximum Gasteiger partial charge on any atom is 0.320 e. The van der Waals surface area contributed by atoms with Crippen LogP contribution in [0, 0.1) is 5.92 Å². The van der Waals surface area contributed by atoms with Gasteiger partial charge < -0.3 is 20.0 Å². The Bertz CT molecular complexity index is 390. The van der Waals surface area contributed by atoms with Gasteiger partial charge in [-0.25, -0.2) is 4.79 Å². The Morgan fingerprint density at radius 3 is 2.52 bits per heavy atom. The van der Waals surface area contributed by atoms with Crippen LogP contribution in [-0.4, -0.2) is 88.8 Å². The van der Waals surface area contributed by atoms with Crippen LogP contribution in [0.3, 0.4) is 0 Å². The largest absolute Gasteiger partial charge is 0.481 e. The van der Waals surface area contributed by atoms with Crippen molar-refractivity contribution in [2.75, 3.05) is 45.9 Å². The Labute approximate surface area is 125 Å². The molecule has 2 rings (SSSR count). The summed E-state index contributed by atoms with van der Waals surface area (Å²) in [6.07, 6.45) is 1.42. The predicted octanol–water partition coefficient (Wildman–Crippen LogP) is -0.0986. The van der Waals surface area contributed by atoms with Gasteiger partial charge in [-0.3, -0.25) is 9.69 Å². The molecule has 2 fully saturated rings. The van der Waals surface area contributed by atoms with Crippen LogP contribution in [0.2, 0.25) is 0 Å². The van der Waals surface area contributed by atoms with Crippen molar-refractivity contribution in [3.8, 4) is 0 Å². The average molecular weight is 299 g/mol. The smallest absolute Gasteiger partial charge is 0.320 e. The summed E-state index contributed by atoms with van der Waals surface area (Å²) < 4.78 is 0. The van der Waals surface area contributed by atoms with Gasteiger partial charge in [-0.05, 0) is 26.3 Å². The van der Waals surface area contributed by atoms with E-state index in [1.165, 1.54) is 0 Å². The molecule has 2 N–H and O–H groups in total. The van der Waals surface area contributed by atoms with Crippen LogP contribution in [-0.2, 0) is 4.79 Å². The van der Waals surface area contributed by atoms with Gasteiger partial charge >= 0.3 is 12.0 Å². The molecule has 0 saturated carbocycles. The SMILES string of the molecule is CC1C(C(=O)O)CCN1C(=O)N1CCCN(CCO)CC1. The number of β-amino-alcohol motifs (C(OH)–C–C–N with tert-alkyl or cyclic N) is 1. The monoisotopic (exact) mass is 299 g/mol. The van der Waals surface area contributed by atoms with Crippen molar-refractivity contribution in [3.05, 3.63) is 0 Å². The Morgan fingerprint density at radius 1 is 1.14 bits per heavy atom. The van der Waals surface area contributed by atoms with E-state index in [1.807, 2.05) is 11.8 Å². The van der Waals surface area contributed by atoms with Crippen molar-refractivity contribution in [3.63, 3.8) is 0 Å². The van der Waals surface area contributed by atoms with Crippen molar-refractivity contribution >= 4 is 12.0 Å². The first-order chi connectivity index (χ1) is 10.0. The number of aliphatic hydroxyl groups is 1. The number of rotatable bonds is 3. The number of hydrogen-bond acceptors (Lipinski definition) is 4. The molecule has 0 spiro atoms. The predicted molar refractivity (Wildman–Crippen MR) is 77.0 cm³/mol. The molecule has 0 aromatic carbocycles. The van der Waals surface area contributed by atoms with Gasteiger partial charge in [0.05, 0.1) is 12.5 Å². The molecule has 120 valence electrons. The molecule has 7 heteroatoms. The van der Waals surface area contributed by atoms with Gasteiger partial charge in [-0.15, -0.1) is 0 Å². The molecular formula is C14H25N3O4. The highest BCUT2D eigenvalue weighted by Gasteiger charge is 2.39. The summed E-state index contributed by atoms with van der Waals surface area (Å²) in [5.41, 5.74) is 0. The lowest BCUT2D eigenvalue weighted by Gasteiger charge is -2.30. The number of carboxylic acids is 1. The van der Waals surface area contributed by atoms with E-state index in [0.29, 0.717) is 32.6 Å². The van der Waals surface area contributed by atoms with Gasteiger partial charge in [-0.2, -0.15) is 0 Å². The molecule has 0 aromatic rings. The van der Waals surface area contributed by atoms with Crippen molar-refractivity contribution in [2.45, 2.75) is 25.8 Å². The third-order valence-corrected chi connectivity index (χ3v) is 4.59. The number of hydrogen-bond donors (Lipinski definition) is 2. The van der Waals surface area contributed by atoms with E-state index in [9.17, 15) is 9.59 Å². The molecule has 2 unspecified atom stereocenters. The fourth-order valence-corrected chi connectivity index (χ4v) is 3.25. The van der Waals surface area contributed by atoms with Gasteiger partial charge in [0, 0.05) is 38.8 Å². The number of aliphatic hydroxyl groups excluding tert-OH is 1. The second kappa shape index (κ2) is 7.09. The van der Waals surface area contributed by atoms with Crippen molar-refractivity contribution in [2.24, 2.45) is 5.92 Å². The fourth-order valence-electron chi connectivity index (χ4n) is 3.25. The Hall–Kier alpha value is -1.34. The third kappa shape index (κ3) is 3.65. The Kier molecular flexibility index (Phi) is 5.41. The van der Waals surface area contributed by atoms with Crippen LogP contribution in [0.1, 0.15) is 19.8 Å². The van der Waals surface area contributed by atoms with E-state index in [2.05, 4.69) is 4.90 Å². The lowest BCUT2D eigenvalue weighted by atomic mass is 10.0. The van der Waals surface area contributed by atoms with Crippen LogP contribution < -0.4 is 0 Å². The first-order valence-electron chi connectivity index (χ1n) is 7.66. The molecular weight excluding hydrogens is 274 g/mol. The molecule has 2 aliphatic rings. The highest BCUT2D eigenvalue weighted by atomic mass is 16.4. The van der Waals surface area contributed by atoms with Crippen molar-refractivity contribution in [1.82, 2.24) is 14.7 Å². The number of carbonyl (C=O) groups is 2. The van der Waals surface area contributed by atoms with E-state index < -0.39 is 11.9 Å². The zero-order chi connectivity index (χ0) is 15.4. The van der Waals surface area contributed by atoms with E-state index >= 15 is 0 Å².